The molecule has 1 atom stereocenters. The molecule has 4 heteroatoms. The summed E-state index contributed by atoms with van der Waals surface area (Å²) in [5.74, 6) is 0.930. The first kappa shape index (κ1) is 13.3. The van der Waals surface area contributed by atoms with Gasteiger partial charge in [-0.1, -0.05) is 0 Å². The first-order valence-corrected chi connectivity index (χ1v) is 6.72. The number of nitrogens with zero attached hydrogens (tertiary/aromatic N) is 2. The predicted molar refractivity (Wildman–Crippen MR) is 73.7 cm³/mol. The van der Waals surface area contributed by atoms with Crippen molar-refractivity contribution in [1.82, 2.24) is 4.98 Å². The van der Waals surface area contributed by atoms with Gasteiger partial charge in [0, 0.05) is 31.4 Å². The zero-order valence-electron chi connectivity index (χ0n) is 11.3. The SMILES string of the molecule is CC(O)CN(C)c1nc2c(cc1CN)CCCC2. The van der Waals surface area contributed by atoms with Gasteiger partial charge >= 0.3 is 0 Å². The molecule has 0 fully saturated rings. The molecular weight excluding hydrogens is 226 g/mol. The summed E-state index contributed by atoms with van der Waals surface area (Å²) in [6.45, 7) is 2.87. The van der Waals surface area contributed by atoms with E-state index in [9.17, 15) is 5.11 Å². The number of likely N-dealkylation sites (N-methyl/N-ethyl adjacent to an activating group) is 1. The molecule has 3 N–H and O–H groups in total. The van der Waals surface area contributed by atoms with Crippen LogP contribution < -0.4 is 10.6 Å². The maximum atomic E-state index is 9.49. The van der Waals surface area contributed by atoms with Crippen LogP contribution in [0, 0.1) is 0 Å². The number of pyridine rings is 1. The molecule has 1 aliphatic carbocycles. The van der Waals surface area contributed by atoms with Crippen molar-refractivity contribution in [2.24, 2.45) is 5.73 Å². The maximum absolute atomic E-state index is 9.49. The van der Waals surface area contributed by atoms with E-state index in [1.165, 1.54) is 24.1 Å². The van der Waals surface area contributed by atoms with Crippen molar-refractivity contribution in [2.45, 2.75) is 45.3 Å². The standard InChI is InChI=1S/C14H23N3O/c1-10(18)9-17(2)14-12(8-15)7-11-5-3-4-6-13(11)16-14/h7,10,18H,3-6,8-9,15H2,1-2H3. The van der Waals surface area contributed by atoms with Crippen LogP contribution in [0.5, 0.6) is 0 Å². The van der Waals surface area contributed by atoms with Crippen molar-refractivity contribution in [3.63, 3.8) is 0 Å². The third-order valence-corrected chi connectivity index (χ3v) is 3.48. The first-order chi connectivity index (χ1) is 8.61. The van der Waals surface area contributed by atoms with Gasteiger partial charge in [0.1, 0.15) is 5.82 Å². The molecule has 4 nitrogen and oxygen atoms in total. The van der Waals surface area contributed by atoms with Gasteiger partial charge in [-0.2, -0.15) is 0 Å². The van der Waals surface area contributed by atoms with Gasteiger partial charge in [-0.25, -0.2) is 4.98 Å². The fraction of sp³-hybridized carbons (Fsp3) is 0.643. The predicted octanol–water partition coefficient (Wildman–Crippen LogP) is 1.24. The molecule has 1 aromatic heterocycles. The molecule has 18 heavy (non-hydrogen) atoms. The lowest BCUT2D eigenvalue weighted by Gasteiger charge is -2.25. The Morgan fingerprint density at radius 1 is 1.44 bits per heavy atom. The average Bonchev–Trinajstić information content (AvgIpc) is 2.36. The number of aromatic nitrogens is 1. The zero-order chi connectivity index (χ0) is 13.1. The van der Waals surface area contributed by atoms with Crippen LogP contribution in [0.1, 0.15) is 36.6 Å². The van der Waals surface area contributed by atoms with E-state index in [2.05, 4.69) is 6.07 Å². The van der Waals surface area contributed by atoms with Gasteiger partial charge in [0.15, 0.2) is 0 Å². The van der Waals surface area contributed by atoms with Crippen LogP contribution in [-0.4, -0.2) is 29.8 Å². The second kappa shape index (κ2) is 5.67. The number of aliphatic hydroxyl groups excluding tert-OH is 1. The van der Waals surface area contributed by atoms with Gasteiger partial charge in [0.2, 0.25) is 0 Å². The van der Waals surface area contributed by atoms with Crippen molar-refractivity contribution in [2.75, 3.05) is 18.5 Å². The fourth-order valence-electron chi connectivity index (χ4n) is 2.63. The van der Waals surface area contributed by atoms with E-state index in [1.54, 1.807) is 6.92 Å². The average molecular weight is 249 g/mol. The molecule has 1 heterocycles. The zero-order valence-corrected chi connectivity index (χ0v) is 11.3. The quantitative estimate of drug-likeness (QED) is 0.842. The lowest BCUT2D eigenvalue weighted by atomic mass is 9.94. The van der Waals surface area contributed by atoms with Crippen molar-refractivity contribution < 1.29 is 5.11 Å². The van der Waals surface area contributed by atoms with Crippen molar-refractivity contribution in [1.29, 1.82) is 0 Å². The van der Waals surface area contributed by atoms with E-state index in [1.807, 2.05) is 11.9 Å². The van der Waals surface area contributed by atoms with Crippen LogP contribution in [0.4, 0.5) is 5.82 Å². The molecule has 1 unspecified atom stereocenters. The third-order valence-electron chi connectivity index (χ3n) is 3.48. The second-order valence-electron chi connectivity index (χ2n) is 5.22. The summed E-state index contributed by atoms with van der Waals surface area (Å²) in [6, 6.07) is 2.20. The highest BCUT2D eigenvalue weighted by atomic mass is 16.3. The molecule has 0 bridgehead atoms. The molecule has 0 spiro atoms. The van der Waals surface area contributed by atoms with Crippen molar-refractivity contribution in [3.8, 4) is 0 Å². The monoisotopic (exact) mass is 249 g/mol. The number of fused-ring (bicyclic) bond motifs is 1. The molecule has 0 saturated heterocycles. The Kier molecular flexibility index (Phi) is 4.19. The summed E-state index contributed by atoms with van der Waals surface area (Å²) in [5.41, 5.74) is 9.48. The minimum absolute atomic E-state index is 0.363. The molecule has 1 aromatic rings. The Morgan fingerprint density at radius 3 is 2.83 bits per heavy atom. The summed E-state index contributed by atoms with van der Waals surface area (Å²) in [7, 11) is 1.96. The third kappa shape index (κ3) is 2.82. The van der Waals surface area contributed by atoms with Crippen LogP contribution in [0.3, 0.4) is 0 Å². The summed E-state index contributed by atoms with van der Waals surface area (Å²) < 4.78 is 0. The summed E-state index contributed by atoms with van der Waals surface area (Å²) in [5, 5.41) is 9.49. The van der Waals surface area contributed by atoms with E-state index in [0.29, 0.717) is 13.1 Å². The highest BCUT2D eigenvalue weighted by Gasteiger charge is 2.17. The van der Waals surface area contributed by atoms with E-state index in [4.69, 9.17) is 10.7 Å². The van der Waals surface area contributed by atoms with Crippen molar-refractivity contribution in [3.05, 3.63) is 22.9 Å². The van der Waals surface area contributed by atoms with Gasteiger partial charge in [-0.05, 0) is 44.2 Å². The number of anilines is 1. The van der Waals surface area contributed by atoms with Gasteiger partial charge in [-0.15, -0.1) is 0 Å². The largest absolute Gasteiger partial charge is 0.392 e. The molecule has 0 saturated carbocycles. The smallest absolute Gasteiger partial charge is 0.133 e. The minimum Gasteiger partial charge on any atom is -0.392 e. The van der Waals surface area contributed by atoms with Gasteiger partial charge < -0.3 is 15.7 Å². The lowest BCUT2D eigenvalue weighted by Crippen LogP contribution is -2.29. The molecule has 2 rings (SSSR count). The summed E-state index contributed by atoms with van der Waals surface area (Å²) in [4.78, 5) is 6.77. The Bertz CT molecular complexity index is 418. The van der Waals surface area contributed by atoms with Crippen LogP contribution in [0.15, 0.2) is 6.07 Å². The van der Waals surface area contributed by atoms with Crippen LogP contribution in [-0.2, 0) is 19.4 Å². The van der Waals surface area contributed by atoms with E-state index >= 15 is 0 Å². The van der Waals surface area contributed by atoms with E-state index < -0.39 is 0 Å². The minimum atomic E-state index is -0.363. The Labute approximate surface area is 109 Å². The molecule has 1 aliphatic rings. The topological polar surface area (TPSA) is 62.4 Å². The van der Waals surface area contributed by atoms with E-state index in [-0.39, 0.29) is 6.10 Å². The van der Waals surface area contributed by atoms with Crippen LogP contribution in [0.2, 0.25) is 0 Å². The number of aliphatic hydroxyl groups is 1. The van der Waals surface area contributed by atoms with Gasteiger partial charge in [0.25, 0.3) is 0 Å². The molecular formula is C14H23N3O. The highest BCUT2D eigenvalue weighted by molar-refractivity contribution is 5.50. The molecule has 100 valence electrons. The fourth-order valence-corrected chi connectivity index (χ4v) is 2.63. The number of aryl methyl sites for hydroxylation is 2. The lowest BCUT2D eigenvalue weighted by molar-refractivity contribution is 0.201. The summed E-state index contributed by atoms with van der Waals surface area (Å²) in [6.07, 6.45) is 4.30. The van der Waals surface area contributed by atoms with Crippen molar-refractivity contribution >= 4 is 5.82 Å². The molecule has 0 radical (unpaired) electrons. The molecule has 0 aliphatic heterocycles. The normalized spacial score (nSPS) is 16.2. The Balaban J connectivity index is 2.33. The molecule has 0 amide bonds. The first-order valence-electron chi connectivity index (χ1n) is 6.72. The van der Waals surface area contributed by atoms with Gasteiger partial charge in [-0.3, -0.25) is 0 Å². The van der Waals surface area contributed by atoms with Crippen LogP contribution >= 0.6 is 0 Å². The Hall–Kier alpha value is -1.13. The number of nitrogens with two attached hydrogens (primary N) is 1. The number of hydrogen-bond donors (Lipinski definition) is 2. The second-order valence-corrected chi connectivity index (χ2v) is 5.22. The maximum Gasteiger partial charge on any atom is 0.133 e. The number of rotatable bonds is 4. The van der Waals surface area contributed by atoms with Gasteiger partial charge in [0.05, 0.1) is 6.10 Å². The van der Waals surface area contributed by atoms with E-state index in [0.717, 1.165) is 24.2 Å². The highest BCUT2D eigenvalue weighted by Crippen LogP contribution is 2.26. The Morgan fingerprint density at radius 2 is 2.17 bits per heavy atom. The van der Waals surface area contributed by atoms with Crippen LogP contribution in [0.25, 0.3) is 0 Å². The number of hydrogen-bond acceptors (Lipinski definition) is 4. The molecule has 0 aromatic carbocycles. The summed E-state index contributed by atoms with van der Waals surface area (Å²) >= 11 is 0.